The largest absolute Gasteiger partial charge is 0.393 e. The molecule has 2 aliphatic rings. The zero-order chi connectivity index (χ0) is 14.7. The second-order valence-corrected chi connectivity index (χ2v) is 6.66. The van der Waals surface area contributed by atoms with E-state index in [4.69, 9.17) is 11.6 Å². The molecule has 1 aromatic carbocycles. The van der Waals surface area contributed by atoms with Crippen LogP contribution in [-0.2, 0) is 0 Å². The molecule has 3 rings (SSSR count). The fourth-order valence-electron chi connectivity index (χ4n) is 3.35. The first-order valence-electron chi connectivity index (χ1n) is 7.87. The van der Waals surface area contributed by atoms with Gasteiger partial charge in [0.1, 0.15) is 0 Å². The minimum atomic E-state index is -0.0836. The van der Waals surface area contributed by atoms with Gasteiger partial charge in [-0.1, -0.05) is 23.7 Å². The number of rotatable bonds is 4. The summed E-state index contributed by atoms with van der Waals surface area (Å²) in [7, 11) is 0. The van der Waals surface area contributed by atoms with Crippen molar-refractivity contribution in [3.8, 4) is 0 Å². The molecule has 0 spiro atoms. The Bertz CT molecular complexity index is 445. The average Bonchev–Trinajstić information content (AvgIpc) is 2.96. The van der Waals surface area contributed by atoms with Crippen LogP contribution in [0.5, 0.6) is 0 Å². The Kier molecular flexibility index (Phi) is 5.14. The predicted molar refractivity (Wildman–Crippen MR) is 85.1 cm³/mol. The van der Waals surface area contributed by atoms with Crippen molar-refractivity contribution >= 4 is 11.6 Å². The van der Waals surface area contributed by atoms with Crippen molar-refractivity contribution in [2.24, 2.45) is 5.92 Å². The van der Waals surface area contributed by atoms with E-state index in [-0.39, 0.29) is 6.10 Å². The van der Waals surface area contributed by atoms with Crippen molar-refractivity contribution in [2.45, 2.75) is 43.9 Å². The molecule has 2 unspecified atom stereocenters. The van der Waals surface area contributed by atoms with E-state index in [9.17, 15) is 5.11 Å². The molecule has 0 bridgehead atoms. The van der Waals surface area contributed by atoms with Gasteiger partial charge in [-0.05, 0) is 43.4 Å². The summed E-state index contributed by atoms with van der Waals surface area (Å²) < 4.78 is 0. The Labute approximate surface area is 131 Å². The first-order chi connectivity index (χ1) is 10.2. The SMILES string of the molecule is OC1CCC(NCC2CNNC2c2ccc(Cl)cc2)CC1. The first-order valence-corrected chi connectivity index (χ1v) is 8.25. The molecule has 1 saturated heterocycles. The number of hydrogen-bond donors (Lipinski definition) is 4. The topological polar surface area (TPSA) is 56.3 Å². The molecule has 21 heavy (non-hydrogen) atoms. The number of aliphatic hydroxyl groups is 1. The highest BCUT2D eigenvalue weighted by atomic mass is 35.5. The Morgan fingerprint density at radius 2 is 1.86 bits per heavy atom. The molecule has 4 nitrogen and oxygen atoms in total. The maximum Gasteiger partial charge on any atom is 0.0541 e. The van der Waals surface area contributed by atoms with E-state index < -0.39 is 0 Å². The fraction of sp³-hybridized carbons (Fsp3) is 0.625. The third kappa shape index (κ3) is 3.96. The van der Waals surface area contributed by atoms with Crippen LogP contribution >= 0.6 is 11.6 Å². The summed E-state index contributed by atoms with van der Waals surface area (Å²) in [5, 5.41) is 14.0. The number of nitrogens with one attached hydrogen (secondary N) is 3. The van der Waals surface area contributed by atoms with E-state index in [1.807, 2.05) is 12.1 Å². The van der Waals surface area contributed by atoms with Crippen LogP contribution in [0.1, 0.15) is 37.3 Å². The lowest BCUT2D eigenvalue weighted by atomic mass is 9.91. The lowest BCUT2D eigenvalue weighted by Gasteiger charge is -2.28. The first kappa shape index (κ1) is 15.3. The standard InChI is InChI=1S/C16H24ClN3O/c17-13-3-1-11(2-4-13)16-12(10-19-20-16)9-18-14-5-7-15(21)8-6-14/h1-4,12,14-16,18-21H,5-10H2. The van der Waals surface area contributed by atoms with Crippen molar-refractivity contribution < 1.29 is 5.11 Å². The molecule has 1 aliphatic carbocycles. The minimum absolute atomic E-state index is 0.0836. The van der Waals surface area contributed by atoms with Gasteiger partial charge in [0.05, 0.1) is 12.1 Å². The summed E-state index contributed by atoms with van der Waals surface area (Å²) in [5.74, 6) is 0.526. The maximum absolute atomic E-state index is 9.56. The summed E-state index contributed by atoms with van der Waals surface area (Å²) in [6.07, 6.45) is 3.94. The van der Waals surface area contributed by atoms with E-state index in [1.165, 1.54) is 5.56 Å². The lowest BCUT2D eigenvalue weighted by Crippen LogP contribution is -2.39. The van der Waals surface area contributed by atoms with Crippen molar-refractivity contribution in [3.63, 3.8) is 0 Å². The quantitative estimate of drug-likeness (QED) is 0.687. The van der Waals surface area contributed by atoms with Crippen molar-refractivity contribution in [1.82, 2.24) is 16.2 Å². The molecule has 5 heteroatoms. The summed E-state index contributed by atoms with van der Waals surface area (Å²) in [6, 6.07) is 8.96. The molecule has 4 N–H and O–H groups in total. The van der Waals surface area contributed by atoms with Crippen molar-refractivity contribution in [1.29, 1.82) is 0 Å². The third-order valence-electron chi connectivity index (χ3n) is 4.69. The second-order valence-electron chi connectivity index (χ2n) is 6.23. The molecular weight excluding hydrogens is 286 g/mol. The van der Waals surface area contributed by atoms with Gasteiger partial charge in [-0.15, -0.1) is 0 Å². The van der Waals surface area contributed by atoms with E-state index in [2.05, 4.69) is 28.3 Å². The lowest BCUT2D eigenvalue weighted by molar-refractivity contribution is 0.116. The van der Waals surface area contributed by atoms with Gasteiger partial charge in [-0.2, -0.15) is 0 Å². The number of hydrazine groups is 1. The van der Waals surface area contributed by atoms with Crippen LogP contribution in [0.4, 0.5) is 0 Å². The molecule has 116 valence electrons. The normalized spacial score (nSPS) is 33.2. The van der Waals surface area contributed by atoms with Gasteiger partial charge < -0.3 is 10.4 Å². The highest BCUT2D eigenvalue weighted by Crippen LogP contribution is 2.26. The van der Waals surface area contributed by atoms with Gasteiger partial charge in [-0.3, -0.25) is 5.43 Å². The molecule has 1 aliphatic heterocycles. The highest BCUT2D eigenvalue weighted by Gasteiger charge is 2.29. The summed E-state index contributed by atoms with van der Waals surface area (Å²) in [5.41, 5.74) is 7.90. The van der Waals surface area contributed by atoms with Gasteiger partial charge >= 0.3 is 0 Å². The highest BCUT2D eigenvalue weighted by molar-refractivity contribution is 6.30. The van der Waals surface area contributed by atoms with Gasteiger partial charge in [0.15, 0.2) is 0 Å². The summed E-state index contributed by atoms with van der Waals surface area (Å²) in [4.78, 5) is 0. The molecule has 0 aromatic heterocycles. The zero-order valence-corrected chi connectivity index (χ0v) is 12.9. The smallest absolute Gasteiger partial charge is 0.0541 e. The van der Waals surface area contributed by atoms with Gasteiger partial charge in [0, 0.05) is 30.1 Å². The van der Waals surface area contributed by atoms with Crippen LogP contribution in [0.25, 0.3) is 0 Å². The average molecular weight is 310 g/mol. The van der Waals surface area contributed by atoms with Crippen LogP contribution in [0.3, 0.4) is 0 Å². The van der Waals surface area contributed by atoms with Crippen LogP contribution in [0, 0.1) is 5.92 Å². The van der Waals surface area contributed by atoms with Crippen LogP contribution in [0.2, 0.25) is 5.02 Å². The Morgan fingerprint density at radius 1 is 1.14 bits per heavy atom. The number of benzene rings is 1. The minimum Gasteiger partial charge on any atom is -0.393 e. The Balaban J connectivity index is 1.53. The summed E-state index contributed by atoms with van der Waals surface area (Å²) in [6.45, 7) is 1.96. The molecule has 1 saturated carbocycles. The van der Waals surface area contributed by atoms with E-state index in [1.54, 1.807) is 0 Å². The van der Waals surface area contributed by atoms with Gasteiger partial charge in [-0.25, -0.2) is 5.43 Å². The molecule has 2 fully saturated rings. The van der Waals surface area contributed by atoms with Gasteiger partial charge in [0.2, 0.25) is 0 Å². The van der Waals surface area contributed by atoms with Crippen LogP contribution < -0.4 is 16.2 Å². The molecule has 2 atom stereocenters. The van der Waals surface area contributed by atoms with Crippen LogP contribution in [-0.4, -0.2) is 30.3 Å². The van der Waals surface area contributed by atoms with E-state index >= 15 is 0 Å². The zero-order valence-electron chi connectivity index (χ0n) is 12.2. The maximum atomic E-state index is 9.56. The monoisotopic (exact) mass is 309 g/mol. The Hall–Kier alpha value is -0.650. The van der Waals surface area contributed by atoms with Gasteiger partial charge in [0.25, 0.3) is 0 Å². The number of halogens is 1. The Morgan fingerprint density at radius 3 is 2.57 bits per heavy atom. The number of hydrogen-bond acceptors (Lipinski definition) is 4. The molecule has 1 aromatic rings. The van der Waals surface area contributed by atoms with Crippen molar-refractivity contribution in [3.05, 3.63) is 34.9 Å². The molecular formula is C16H24ClN3O. The molecule has 0 radical (unpaired) electrons. The third-order valence-corrected chi connectivity index (χ3v) is 4.94. The predicted octanol–water partition coefficient (Wildman–Crippen LogP) is 2.00. The van der Waals surface area contributed by atoms with E-state index in [0.29, 0.717) is 18.0 Å². The second kappa shape index (κ2) is 7.07. The molecule has 1 heterocycles. The van der Waals surface area contributed by atoms with Crippen molar-refractivity contribution in [2.75, 3.05) is 13.1 Å². The summed E-state index contributed by atoms with van der Waals surface area (Å²) >= 11 is 5.96. The number of aliphatic hydroxyl groups excluding tert-OH is 1. The molecule has 0 amide bonds. The van der Waals surface area contributed by atoms with Crippen LogP contribution in [0.15, 0.2) is 24.3 Å². The fourth-order valence-corrected chi connectivity index (χ4v) is 3.48. The van der Waals surface area contributed by atoms with E-state index in [0.717, 1.165) is 43.8 Å².